The molecule has 0 bridgehead atoms. The average Bonchev–Trinajstić information content (AvgIpc) is 2.80. The highest BCUT2D eigenvalue weighted by molar-refractivity contribution is 5.76. The van der Waals surface area contributed by atoms with Crippen molar-refractivity contribution in [1.82, 2.24) is 19.9 Å². The highest BCUT2D eigenvalue weighted by Gasteiger charge is 2.14. The summed E-state index contributed by atoms with van der Waals surface area (Å²) in [4.78, 5) is 11.6. The van der Waals surface area contributed by atoms with E-state index in [1.54, 1.807) is 0 Å². The van der Waals surface area contributed by atoms with E-state index in [2.05, 4.69) is 15.5 Å². The number of hydrogen-bond donors (Lipinski definition) is 2. The Balaban J connectivity index is 2.09. The van der Waals surface area contributed by atoms with Crippen LogP contribution >= 0.6 is 0 Å². The van der Waals surface area contributed by atoms with Gasteiger partial charge in [0.25, 0.3) is 0 Å². The van der Waals surface area contributed by atoms with Crippen LogP contribution in [0, 0.1) is 0 Å². The van der Waals surface area contributed by atoms with Gasteiger partial charge in [0.05, 0.1) is 6.04 Å². The molecule has 2 aromatic rings. The molecule has 1 atom stereocenters. The number of aromatic nitrogens is 3. The number of carbonyl (C=O) groups is 1. The number of nitrogens with zero attached hydrogens (tertiary/aromatic N) is 3. The van der Waals surface area contributed by atoms with Crippen LogP contribution in [-0.4, -0.2) is 27.0 Å². The normalized spacial score (nSPS) is 12.6. The first kappa shape index (κ1) is 12.5. The van der Waals surface area contributed by atoms with Gasteiger partial charge in [-0.15, -0.1) is 10.2 Å². The molecule has 2 rings (SSSR count). The van der Waals surface area contributed by atoms with Gasteiger partial charge >= 0.3 is 0 Å². The van der Waals surface area contributed by atoms with Gasteiger partial charge in [-0.3, -0.25) is 9.20 Å². The van der Waals surface area contributed by atoms with E-state index in [1.165, 1.54) is 0 Å². The molecule has 0 aromatic carbocycles. The molecule has 0 fully saturated rings. The molecule has 3 N–H and O–H groups in total. The van der Waals surface area contributed by atoms with E-state index in [0.717, 1.165) is 11.5 Å². The number of nitrogens with two attached hydrogens (primary N) is 1. The molecule has 0 spiro atoms. The second kappa shape index (κ2) is 5.59. The first-order valence-electron chi connectivity index (χ1n) is 6.01. The van der Waals surface area contributed by atoms with Crippen LogP contribution in [0.2, 0.25) is 0 Å². The zero-order chi connectivity index (χ0) is 13.0. The van der Waals surface area contributed by atoms with E-state index in [0.29, 0.717) is 19.4 Å². The number of nitrogens with one attached hydrogen (secondary N) is 1. The summed E-state index contributed by atoms with van der Waals surface area (Å²) in [5.41, 5.74) is 6.14. The molecule has 6 nitrogen and oxygen atoms in total. The lowest BCUT2D eigenvalue weighted by Gasteiger charge is -2.12. The van der Waals surface area contributed by atoms with E-state index in [4.69, 9.17) is 5.73 Å². The zero-order valence-electron chi connectivity index (χ0n) is 10.3. The minimum absolute atomic E-state index is 0.0133. The Labute approximate surface area is 105 Å². The van der Waals surface area contributed by atoms with Crippen LogP contribution in [0.25, 0.3) is 5.65 Å². The van der Waals surface area contributed by atoms with Crippen LogP contribution in [0.4, 0.5) is 0 Å². The Morgan fingerprint density at radius 2 is 2.33 bits per heavy atom. The standard InChI is InChI=1S/C12H17N5O/c1-9(14-11(18)6-4-7-13)12-16-15-10-5-2-3-8-17(10)12/h2-3,5,8-9H,4,6-7,13H2,1H3,(H,14,18). The summed E-state index contributed by atoms with van der Waals surface area (Å²) in [5.74, 6) is 0.715. The minimum atomic E-state index is -0.173. The van der Waals surface area contributed by atoms with Crippen LogP contribution in [0.1, 0.15) is 31.6 Å². The van der Waals surface area contributed by atoms with Crippen molar-refractivity contribution >= 4 is 11.6 Å². The summed E-state index contributed by atoms with van der Waals surface area (Å²) in [5, 5.41) is 11.0. The predicted molar refractivity (Wildman–Crippen MR) is 67.8 cm³/mol. The number of rotatable bonds is 5. The van der Waals surface area contributed by atoms with Crippen LogP contribution in [0.5, 0.6) is 0 Å². The number of hydrogen-bond acceptors (Lipinski definition) is 4. The lowest BCUT2D eigenvalue weighted by atomic mass is 10.2. The average molecular weight is 247 g/mol. The molecule has 2 aromatic heterocycles. The summed E-state index contributed by atoms with van der Waals surface area (Å²) in [6.45, 7) is 2.42. The molecule has 0 aliphatic carbocycles. The van der Waals surface area contributed by atoms with E-state index < -0.39 is 0 Å². The molecule has 0 radical (unpaired) electrons. The molecular formula is C12H17N5O. The number of amides is 1. The van der Waals surface area contributed by atoms with Crippen molar-refractivity contribution in [2.24, 2.45) is 5.73 Å². The molecule has 18 heavy (non-hydrogen) atoms. The Kier molecular flexibility index (Phi) is 3.88. The van der Waals surface area contributed by atoms with Gasteiger partial charge in [0.2, 0.25) is 5.91 Å². The molecule has 1 unspecified atom stereocenters. The fourth-order valence-electron chi connectivity index (χ4n) is 1.80. The van der Waals surface area contributed by atoms with Gasteiger partial charge < -0.3 is 11.1 Å². The van der Waals surface area contributed by atoms with E-state index in [-0.39, 0.29) is 11.9 Å². The van der Waals surface area contributed by atoms with E-state index in [9.17, 15) is 4.79 Å². The SMILES string of the molecule is CC(NC(=O)CCCN)c1nnc2ccccn12. The van der Waals surface area contributed by atoms with Crippen molar-refractivity contribution in [2.45, 2.75) is 25.8 Å². The van der Waals surface area contributed by atoms with E-state index in [1.807, 2.05) is 35.7 Å². The quantitative estimate of drug-likeness (QED) is 0.812. The van der Waals surface area contributed by atoms with Crippen molar-refractivity contribution < 1.29 is 4.79 Å². The Morgan fingerprint density at radius 1 is 1.50 bits per heavy atom. The number of fused-ring (bicyclic) bond motifs is 1. The van der Waals surface area contributed by atoms with Crippen LogP contribution < -0.4 is 11.1 Å². The van der Waals surface area contributed by atoms with Gasteiger partial charge in [0.1, 0.15) is 0 Å². The summed E-state index contributed by atoms with van der Waals surface area (Å²) in [7, 11) is 0. The summed E-state index contributed by atoms with van der Waals surface area (Å²) < 4.78 is 1.87. The zero-order valence-corrected chi connectivity index (χ0v) is 10.3. The van der Waals surface area contributed by atoms with Crippen molar-refractivity contribution in [1.29, 1.82) is 0 Å². The third-order valence-corrected chi connectivity index (χ3v) is 2.71. The van der Waals surface area contributed by atoms with Gasteiger partial charge in [0.15, 0.2) is 11.5 Å². The number of carbonyl (C=O) groups excluding carboxylic acids is 1. The van der Waals surface area contributed by atoms with Crippen molar-refractivity contribution in [3.63, 3.8) is 0 Å². The van der Waals surface area contributed by atoms with Gasteiger partial charge in [-0.25, -0.2) is 0 Å². The lowest BCUT2D eigenvalue weighted by molar-refractivity contribution is -0.121. The number of pyridine rings is 1. The summed E-state index contributed by atoms with van der Waals surface area (Å²) >= 11 is 0. The Hall–Kier alpha value is -1.95. The fourth-order valence-corrected chi connectivity index (χ4v) is 1.80. The highest BCUT2D eigenvalue weighted by atomic mass is 16.1. The topological polar surface area (TPSA) is 85.3 Å². The first-order valence-corrected chi connectivity index (χ1v) is 6.01. The fraction of sp³-hybridized carbons (Fsp3) is 0.417. The molecule has 2 heterocycles. The minimum Gasteiger partial charge on any atom is -0.346 e. The molecule has 1 amide bonds. The second-order valence-corrected chi connectivity index (χ2v) is 4.17. The highest BCUT2D eigenvalue weighted by Crippen LogP contribution is 2.11. The molecule has 0 aliphatic heterocycles. The maximum Gasteiger partial charge on any atom is 0.220 e. The molecule has 0 saturated carbocycles. The Morgan fingerprint density at radius 3 is 3.11 bits per heavy atom. The van der Waals surface area contributed by atoms with Crippen LogP contribution in [0.15, 0.2) is 24.4 Å². The maximum atomic E-state index is 11.6. The molecular weight excluding hydrogens is 230 g/mol. The summed E-state index contributed by atoms with van der Waals surface area (Å²) in [6, 6.07) is 5.51. The third kappa shape index (κ3) is 2.65. The van der Waals surface area contributed by atoms with Crippen molar-refractivity contribution in [3.8, 4) is 0 Å². The molecule has 96 valence electrons. The monoisotopic (exact) mass is 247 g/mol. The van der Waals surface area contributed by atoms with Gasteiger partial charge in [-0.05, 0) is 32.0 Å². The predicted octanol–water partition coefficient (Wildman–Crippen LogP) is 0.645. The van der Waals surface area contributed by atoms with Crippen LogP contribution in [-0.2, 0) is 4.79 Å². The Bertz CT molecular complexity index is 536. The van der Waals surface area contributed by atoms with Gasteiger partial charge in [-0.2, -0.15) is 0 Å². The van der Waals surface area contributed by atoms with Gasteiger partial charge in [0, 0.05) is 12.6 Å². The van der Waals surface area contributed by atoms with Crippen molar-refractivity contribution in [2.75, 3.05) is 6.54 Å². The largest absolute Gasteiger partial charge is 0.346 e. The smallest absolute Gasteiger partial charge is 0.220 e. The van der Waals surface area contributed by atoms with E-state index >= 15 is 0 Å². The molecule has 0 saturated heterocycles. The summed E-state index contributed by atoms with van der Waals surface area (Å²) in [6.07, 6.45) is 3.02. The maximum absolute atomic E-state index is 11.6. The second-order valence-electron chi connectivity index (χ2n) is 4.17. The molecule has 6 heteroatoms. The molecule has 0 aliphatic rings. The van der Waals surface area contributed by atoms with Gasteiger partial charge in [-0.1, -0.05) is 6.07 Å². The van der Waals surface area contributed by atoms with Crippen molar-refractivity contribution in [3.05, 3.63) is 30.2 Å². The first-order chi connectivity index (χ1) is 8.72. The third-order valence-electron chi connectivity index (χ3n) is 2.71. The lowest BCUT2D eigenvalue weighted by Crippen LogP contribution is -2.28. The van der Waals surface area contributed by atoms with Crippen LogP contribution in [0.3, 0.4) is 0 Å².